The van der Waals surface area contributed by atoms with Gasteiger partial charge in [0.05, 0.1) is 12.7 Å². The van der Waals surface area contributed by atoms with Crippen LogP contribution in [0.15, 0.2) is 0 Å². The highest BCUT2D eigenvalue weighted by Crippen LogP contribution is 2.47. The van der Waals surface area contributed by atoms with Crippen molar-refractivity contribution in [1.29, 1.82) is 0 Å². The van der Waals surface area contributed by atoms with Crippen molar-refractivity contribution < 1.29 is 9.53 Å². The molecular weight excluding hydrogens is 198 g/mol. The third kappa shape index (κ3) is 1.39. The maximum atomic E-state index is 11.5. The first-order valence-electron chi connectivity index (χ1n) is 4.62. The van der Waals surface area contributed by atoms with E-state index in [0.29, 0.717) is 16.5 Å². The minimum Gasteiger partial charge on any atom is -0.465 e. The first kappa shape index (κ1) is 9.52. The average Bonchev–Trinajstić information content (AvgIpc) is 2.91. The number of hydrogen-bond acceptors (Lipinski definition) is 4. The van der Waals surface area contributed by atoms with Crippen molar-refractivity contribution in [3.8, 4) is 0 Å². The minimum absolute atomic E-state index is 0.297. The summed E-state index contributed by atoms with van der Waals surface area (Å²) in [6.45, 7) is 2.02. The molecule has 0 radical (unpaired) electrons. The number of hydrogen-bond donors (Lipinski definition) is 1. The summed E-state index contributed by atoms with van der Waals surface area (Å²) in [5, 5.41) is 0.594. The van der Waals surface area contributed by atoms with E-state index in [1.165, 1.54) is 31.3 Å². The van der Waals surface area contributed by atoms with Crippen LogP contribution >= 0.6 is 11.3 Å². The number of aryl methyl sites for hydroxylation is 1. The molecule has 3 nitrogen and oxygen atoms in total. The molecule has 1 aliphatic carbocycles. The van der Waals surface area contributed by atoms with E-state index >= 15 is 0 Å². The molecular formula is C10H13NO2S. The second-order valence-electron chi connectivity index (χ2n) is 3.58. The van der Waals surface area contributed by atoms with Gasteiger partial charge in [0.1, 0.15) is 5.00 Å². The summed E-state index contributed by atoms with van der Waals surface area (Å²) in [4.78, 5) is 12.7. The Morgan fingerprint density at radius 1 is 1.57 bits per heavy atom. The molecule has 0 saturated heterocycles. The van der Waals surface area contributed by atoms with Crippen LogP contribution in [-0.4, -0.2) is 13.1 Å². The number of carbonyl (C=O) groups is 1. The van der Waals surface area contributed by atoms with Gasteiger partial charge in [0.15, 0.2) is 0 Å². The van der Waals surface area contributed by atoms with Crippen molar-refractivity contribution in [2.75, 3.05) is 12.8 Å². The van der Waals surface area contributed by atoms with Crippen LogP contribution in [0.25, 0.3) is 0 Å². The third-order valence-electron chi connectivity index (χ3n) is 2.53. The largest absolute Gasteiger partial charge is 0.465 e. The highest BCUT2D eigenvalue weighted by Gasteiger charge is 2.33. The molecule has 1 saturated carbocycles. The number of ether oxygens (including phenoxy) is 1. The van der Waals surface area contributed by atoms with Gasteiger partial charge in [-0.05, 0) is 31.2 Å². The number of rotatable bonds is 2. The molecule has 1 heterocycles. The molecule has 1 aliphatic rings. The SMILES string of the molecule is COC(=O)c1c(N)sc(C)c1C1CC1. The Bertz CT molecular complexity index is 380. The molecule has 0 aromatic carbocycles. The van der Waals surface area contributed by atoms with Crippen LogP contribution in [0.2, 0.25) is 0 Å². The highest BCUT2D eigenvalue weighted by molar-refractivity contribution is 7.16. The maximum Gasteiger partial charge on any atom is 0.341 e. The van der Waals surface area contributed by atoms with E-state index in [2.05, 4.69) is 0 Å². The summed E-state index contributed by atoms with van der Waals surface area (Å²) in [5.74, 6) is 0.242. The molecule has 2 rings (SSSR count). The summed E-state index contributed by atoms with van der Waals surface area (Å²) in [6.07, 6.45) is 2.34. The zero-order valence-corrected chi connectivity index (χ0v) is 9.11. The Hall–Kier alpha value is -1.03. The van der Waals surface area contributed by atoms with E-state index in [0.717, 1.165) is 10.4 Å². The summed E-state index contributed by atoms with van der Waals surface area (Å²) in [7, 11) is 1.39. The van der Waals surface area contributed by atoms with Gasteiger partial charge in [-0.15, -0.1) is 11.3 Å². The average molecular weight is 211 g/mol. The number of methoxy groups -OCH3 is 1. The van der Waals surface area contributed by atoms with Crippen LogP contribution in [-0.2, 0) is 4.74 Å². The fourth-order valence-corrected chi connectivity index (χ4v) is 2.76. The van der Waals surface area contributed by atoms with Gasteiger partial charge in [0, 0.05) is 4.88 Å². The Morgan fingerprint density at radius 3 is 2.71 bits per heavy atom. The van der Waals surface area contributed by atoms with Gasteiger partial charge in [0.2, 0.25) is 0 Å². The summed E-state index contributed by atoms with van der Waals surface area (Å²) in [6, 6.07) is 0. The zero-order chi connectivity index (χ0) is 10.3. The smallest absolute Gasteiger partial charge is 0.341 e. The molecule has 1 fully saturated rings. The molecule has 1 aromatic rings. The fourth-order valence-electron chi connectivity index (χ4n) is 1.76. The second-order valence-corrected chi connectivity index (χ2v) is 4.83. The van der Waals surface area contributed by atoms with Gasteiger partial charge in [-0.1, -0.05) is 0 Å². The predicted molar refractivity (Wildman–Crippen MR) is 56.8 cm³/mol. The molecule has 2 N–H and O–H groups in total. The van der Waals surface area contributed by atoms with Gasteiger partial charge >= 0.3 is 5.97 Å². The van der Waals surface area contributed by atoms with E-state index < -0.39 is 0 Å². The van der Waals surface area contributed by atoms with Crippen molar-refractivity contribution >= 4 is 22.3 Å². The quantitative estimate of drug-likeness (QED) is 0.764. The van der Waals surface area contributed by atoms with Crippen molar-refractivity contribution in [1.82, 2.24) is 0 Å². The lowest BCUT2D eigenvalue weighted by Gasteiger charge is -2.02. The number of nitrogen functional groups attached to an aromatic ring is 1. The first-order chi connectivity index (χ1) is 6.65. The molecule has 1 aromatic heterocycles. The topological polar surface area (TPSA) is 52.3 Å². The molecule has 0 spiro atoms. The summed E-state index contributed by atoms with van der Waals surface area (Å²) < 4.78 is 4.74. The van der Waals surface area contributed by atoms with Crippen molar-refractivity contribution in [2.24, 2.45) is 0 Å². The van der Waals surface area contributed by atoms with Crippen LogP contribution in [0.3, 0.4) is 0 Å². The Labute approximate surface area is 86.9 Å². The Morgan fingerprint density at radius 2 is 2.21 bits per heavy atom. The van der Waals surface area contributed by atoms with Crippen molar-refractivity contribution in [3.63, 3.8) is 0 Å². The number of nitrogens with two attached hydrogens (primary N) is 1. The first-order valence-corrected chi connectivity index (χ1v) is 5.44. The number of esters is 1. The third-order valence-corrected chi connectivity index (χ3v) is 3.48. The molecule has 76 valence electrons. The second kappa shape index (κ2) is 3.28. The maximum absolute atomic E-state index is 11.5. The van der Waals surface area contributed by atoms with Crippen molar-refractivity contribution in [2.45, 2.75) is 25.7 Å². The van der Waals surface area contributed by atoms with E-state index in [4.69, 9.17) is 10.5 Å². The van der Waals surface area contributed by atoms with Gasteiger partial charge in [-0.3, -0.25) is 0 Å². The lowest BCUT2D eigenvalue weighted by Crippen LogP contribution is -2.05. The van der Waals surface area contributed by atoms with Gasteiger partial charge in [-0.25, -0.2) is 4.79 Å². The molecule has 4 heteroatoms. The Balaban J connectivity index is 2.49. The van der Waals surface area contributed by atoms with Crippen LogP contribution < -0.4 is 5.73 Å². The van der Waals surface area contributed by atoms with E-state index in [1.807, 2.05) is 6.92 Å². The monoisotopic (exact) mass is 211 g/mol. The van der Waals surface area contributed by atoms with Crippen LogP contribution in [0.5, 0.6) is 0 Å². The van der Waals surface area contributed by atoms with Gasteiger partial charge in [-0.2, -0.15) is 0 Å². The molecule has 0 amide bonds. The summed E-state index contributed by atoms with van der Waals surface area (Å²) in [5.41, 5.74) is 7.54. The number of thiophene rings is 1. The van der Waals surface area contributed by atoms with E-state index in [1.54, 1.807) is 0 Å². The molecule has 0 bridgehead atoms. The van der Waals surface area contributed by atoms with E-state index in [9.17, 15) is 4.79 Å². The molecule has 0 unspecified atom stereocenters. The minimum atomic E-state index is -0.297. The van der Waals surface area contributed by atoms with Gasteiger partial charge in [0.25, 0.3) is 0 Å². The fraction of sp³-hybridized carbons (Fsp3) is 0.500. The highest BCUT2D eigenvalue weighted by atomic mass is 32.1. The van der Waals surface area contributed by atoms with Crippen LogP contribution in [0.1, 0.15) is 39.6 Å². The predicted octanol–water partition coefficient (Wildman–Crippen LogP) is 2.30. The standard InChI is InChI=1S/C10H13NO2S/c1-5-7(6-3-4-6)8(9(11)14-5)10(12)13-2/h6H,3-4,11H2,1-2H3. The lowest BCUT2D eigenvalue weighted by atomic mass is 10.1. The van der Waals surface area contributed by atoms with Crippen LogP contribution in [0, 0.1) is 6.92 Å². The summed E-state index contributed by atoms with van der Waals surface area (Å²) >= 11 is 1.48. The van der Waals surface area contributed by atoms with E-state index in [-0.39, 0.29) is 5.97 Å². The van der Waals surface area contributed by atoms with Crippen LogP contribution in [0.4, 0.5) is 5.00 Å². The van der Waals surface area contributed by atoms with Gasteiger partial charge < -0.3 is 10.5 Å². The Kier molecular flexibility index (Phi) is 2.23. The molecule has 0 aliphatic heterocycles. The molecule has 14 heavy (non-hydrogen) atoms. The number of anilines is 1. The zero-order valence-electron chi connectivity index (χ0n) is 8.29. The lowest BCUT2D eigenvalue weighted by molar-refractivity contribution is 0.0601. The normalized spacial score (nSPS) is 15.6. The molecule has 0 atom stereocenters. The number of carbonyl (C=O) groups excluding carboxylic acids is 1. The van der Waals surface area contributed by atoms with Crippen molar-refractivity contribution in [3.05, 3.63) is 16.0 Å².